The van der Waals surface area contributed by atoms with Crippen molar-refractivity contribution in [3.63, 3.8) is 0 Å². The molecule has 0 N–H and O–H groups in total. The topological polar surface area (TPSA) is 9.23 Å². The summed E-state index contributed by atoms with van der Waals surface area (Å²) in [5.41, 5.74) is 4.16. The van der Waals surface area contributed by atoms with Crippen LogP contribution in [0.4, 0.5) is 0 Å². The second kappa shape index (κ2) is 6.26. The highest BCUT2D eigenvalue weighted by molar-refractivity contribution is 5.49. The maximum atomic E-state index is 6.14. The highest BCUT2D eigenvalue weighted by atomic mass is 16.5. The van der Waals surface area contributed by atoms with E-state index in [1.54, 1.807) is 0 Å². The molecular weight excluding hydrogens is 220 g/mol. The summed E-state index contributed by atoms with van der Waals surface area (Å²) < 4.78 is 6.14. The minimum atomic E-state index is 0.229. The van der Waals surface area contributed by atoms with Crippen LogP contribution in [0.25, 0.3) is 0 Å². The Labute approximate surface area is 113 Å². The summed E-state index contributed by atoms with van der Waals surface area (Å²) in [6, 6.07) is 4.52. The number of aryl methyl sites for hydroxylation is 1. The summed E-state index contributed by atoms with van der Waals surface area (Å²) in [6.45, 7) is 15.4. The van der Waals surface area contributed by atoms with Gasteiger partial charge in [-0.15, -0.1) is 0 Å². The number of rotatable bonds is 5. The largest absolute Gasteiger partial charge is 0.490 e. The lowest BCUT2D eigenvalue weighted by Crippen LogP contribution is -2.12. The summed E-state index contributed by atoms with van der Waals surface area (Å²) in [5, 5.41) is 0. The van der Waals surface area contributed by atoms with Crippen LogP contribution in [0.1, 0.15) is 77.0 Å². The molecule has 0 amide bonds. The summed E-state index contributed by atoms with van der Waals surface area (Å²) in [7, 11) is 0. The zero-order valence-corrected chi connectivity index (χ0v) is 13.0. The Morgan fingerprint density at radius 3 is 1.94 bits per heavy atom. The van der Waals surface area contributed by atoms with Crippen molar-refractivity contribution in [1.29, 1.82) is 0 Å². The van der Waals surface area contributed by atoms with E-state index in [1.807, 2.05) is 0 Å². The van der Waals surface area contributed by atoms with E-state index in [1.165, 1.54) is 16.7 Å². The summed E-state index contributed by atoms with van der Waals surface area (Å²) in [6.07, 6.45) is 1.30. The first-order valence-electron chi connectivity index (χ1n) is 7.20. The Morgan fingerprint density at radius 2 is 1.56 bits per heavy atom. The average molecular weight is 248 g/mol. The van der Waals surface area contributed by atoms with Crippen LogP contribution in [0.15, 0.2) is 12.1 Å². The molecule has 0 saturated carbocycles. The first-order valence-corrected chi connectivity index (χ1v) is 7.20. The van der Waals surface area contributed by atoms with Crippen LogP contribution in [-0.2, 0) is 6.42 Å². The molecule has 18 heavy (non-hydrogen) atoms. The summed E-state index contributed by atoms with van der Waals surface area (Å²) >= 11 is 0. The molecular formula is C17H28O. The maximum absolute atomic E-state index is 6.14. The molecule has 0 fully saturated rings. The Kier molecular flexibility index (Phi) is 5.25. The highest BCUT2D eigenvalue weighted by Gasteiger charge is 2.19. The Morgan fingerprint density at radius 1 is 0.944 bits per heavy atom. The van der Waals surface area contributed by atoms with Gasteiger partial charge in [-0.2, -0.15) is 0 Å². The predicted octanol–water partition coefficient (Wildman–Crippen LogP) is 5.28. The monoisotopic (exact) mass is 248 g/mol. The van der Waals surface area contributed by atoms with Gasteiger partial charge in [-0.1, -0.05) is 46.8 Å². The number of ether oxygens (including phenoxy) is 1. The van der Waals surface area contributed by atoms with Gasteiger partial charge in [-0.05, 0) is 43.2 Å². The fourth-order valence-corrected chi connectivity index (χ4v) is 2.42. The van der Waals surface area contributed by atoms with Gasteiger partial charge in [0, 0.05) is 5.56 Å². The lowest BCUT2D eigenvalue weighted by atomic mass is 9.89. The minimum Gasteiger partial charge on any atom is -0.490 e. The molecule has 0 heterocycles. The molecule has 0 aliphatic heterocycles. The quantitative estimate of drug-likeness (QED) is 0.688. The van der Waals surface area contributed by atoms with E-state index in [-0.39, 0.29) is 6.10 Å². The van der Waals surface area contributed by atoms with Crippen molar-refractivity contribution in [3.05, 3.63) is 28.8 Å². The minimum absolute atomic E-state index is 0.229. The first-order chi connectivity index (χ1) is 8.38. The third-order valence-corrected chi connectivity index (χ3v) is 3.25. The van der Waals surface area contributed by atoms with E-state index in [2.05, 4.69) is 60.6 Å². The van der Waals surface area contributed by atoms with Gasteiger partial charge in [0.15, 0.2) is 0 Å². The van der Waals surface area contributed by atoms with Gasteiger partial charge < -0.3 is 4.74 Å². The van der Waals surface area contributed by atoms with Crippen LogP contribution in [0.3, 0.4) is 0 Å². The molecule has 1 rings (SSSR count). The van der Waals surface area contributed by atoms with Crippen LogP contribution in [0.2, 0.25) is 0 Å². The van der Waals surface area contributed by atoms with E-state index >= 15 is 0 Å². The zero-order chi connectivity index (χ0) is 13.9. The van der Waals surface area contributed by atoms with Gasteiger partial charge in [0.25, 0.3) is 0 Å². The molecule has 1 aromatic carbocycles. The average Bonchev–Trinajstić information content (AvgIpc) is 2.26. The Hall–Kier alpha value is -0.980. The van der Waals surface area contributed by atoms with E-state index in [0.717, 1.165) is 12.2 Å². The predicted molar refractivity (Wildman–Crippen MR) is 79.8 cm³/mol. The van der Waals surface area contributed by atoms with E-state index in [4.69, 9.17) is 4.74 Å². The molecule has 0 radical (unpaired) electrons. The molecule has 0 bridgehead atoms. The zero-order valence-electron chi connectivity index (χ0n) is 13.0. The van der Waals surface area contributed by atoms with Gasteiger partial charge >= 0.3 is 0 Å². The van der Waals surface area contributed by atoms with Crippen molar-refractivity contribution in [2.75, 3.05) is 0 Å². The second-order valence-electron chi connectivity index (χ2n) is 5.89. The lowest BCUT2D eigenvalue weighted by molar-refractivity contribution is 0.235. The smallest absolute Gasteiger partial charge is 0.126 e. The van der Waals surface area contributed by atoms with E-state index < -0.39 is 0 Å². The van der Waals surface area contributed by atoms with Gasteiger partial charge in [0.05, 0.1) is 6.10 Å². The molecule has 1 heteroatoms. The highest BCUT2D eigenvalue weighted by Crippen LogP contribution is 2.37. The Balaban J connectivity index is 3.44. The van der Waals surface area contributed by atoms with Crippen molar-refractivity contribution in [1.82, 2.24) is 0 Å². The van der Waals surface area contributed by atoms with Crippen molar-refractivity contribution in [2.24, 2.45) is 0 Å². The molecule has 0 saturated heterocycles. The van der Waals surface area contributed by atoms with E-state index in [0.29, 0.717) is 11.8 Å². The van der Waals surface area contributed by atoms with Gasteiger partial charge in [-0.25, -0.2) is 0 Å². The standard InChI is InChI=1S/C17H28O/c1-8-14-9-10-15(11(2)3)17(18-13(6)7)16(14)12(4)5/h9-13H,8H2,1-7H3. The van der Waals surface area contributed by atoms with Gasteiger partial charge in [-0.3, -0.25) is 0 Å². The second-order valence-corrected chi connectivity index (χ2v) is 5.89. The van der Waals surface area contributed by atoms with Crippen molar-refractivity contribution < 1.29 is 4.74 Å². The molecule has 1 aromatic rings. The van der Waals surface area contributed by atoms with Crippen LogP contribution in [0, 0.1) is 0 Å². The molecule has 0 spiro atoms. The van der Waals surface area contributed by atoms with Crippen LogP contribution >= 0.6 is 0 Å². The maximum Gasteiger partial charge on any atom is 0.126 e. The molecule has 102 valence electrons. The Bertz CT molecular complexity index is 389. The van der Waals surface area contributed by atoms with E-state index in [9.17, 15) is 0 Å². The number of hydrogen-bond acceptors (Lipinski definition) is 1. The van der Waals surface area contributed by atoms with Crippen molar-refractivity contribution in [2.45, 2.75) is 72.8 Å². The molecule has 0 aliphatic carbocycles. The SMILES string of the molecule is CCc1ccc(C(C)C)c(OC(C)C)c1C(C)C. The molecule has 0 unspecified atom stereocenters. The third kappa shape index (κ3) is 3.28. The third-order valence-electron chi connectivity index (χ3n) is 3.25. The summed E-state index contributed by atoms with van der Waals surface area (Å²) in [5.74, 6) is 2.14. The van der Waals surface area contributed by atoms with Crippen molar-refractivity contribution in [3.8, 4) is 5.75 Å². The number of hydrogen-bond donors (Lipinski definition) is 0. The summed E-state index contributed by atoms with van der Waals surface area (Å²) in [4.78, 5) is 0. The van der Waals surface area contributed by atoms with Crippen LogP contribution in [-0.4, -0.2) is 6.10 Å². The normalized spacial score (nSPS) is 11.7. The van der Waals surface area contributed by atoms with Crippen LogP contribution in [0.5, 0.6) is 5.75 Å². The molecule has 1 nitrogen and oxygen atoms in total. The molecule has 0 aliphatic rings. The fourth-order valence-electron chi connectivity index (χ4n) is 2.42. The first kappa shape index (κ1) is 15.1. The van der Waals surface area contributed by atoms with Gasteiger partial charge in [0.2, 0.25) is 0 Å². The molecule has 0 atom stereocenters. The molecule has 0 aromatic heterocycles. The van der Waals surface area contributed by atoms with Crippen molar-refractivity contribution >= 4 is 0 Å². The van der Waals surface area contributed by atoms with Crippen LogP contribution < -0.4 is 4.74 Å². The lowest BCUT2D eigenvalue weighted by Gasteiger charge is -2.24. The number of benzene rings is 1. The fraction of sp³-hybridized carbons (Fsp3) is 0.647. The van der Waals surface area contributed by atoms with Gasteiger partial charge in [0.1, 0.15) is 5.75 Å².